The molecule has 0 aliphatic heterocycles. The molecule has 5 N–H and O–H groups in total. The molecule has 0 saturated carbocycles. The molecule has 3 amide bonds. The van der Waals surface area contributed by atoms with Gasteiger partial charge in [0.1, 0.15) is 12.1 Å². The third-order valence-electron chi connectivity index (χ3n) is 4.60. The molecule has 0 aliphatic rings. The highest BCUT2D eigenvalue weighted by atomic mass is 32.2. The summed E-state index contributed by atoms with van der Waals surface area (Å²) in [7, 11) is 0. The van der Waals surface area contributed by atoms with Crippen LogP contribution in [0.4, 0.5) is 0 Å². The highest BCUT2D eigenvalue weighted by molar-refractivity contribution is 7.98. The van der Waals surface area contributed by atoms with Gasteiger partial charge in [-0.1, -0.05) is 35.9 Å². The Kier molecular flexibility index (Phi) is 18.2. The van der Waals surface area contributed by atoms with Crippen LogP contribution in [0, 0.1) is 6.92 Å². The van der Waals surface area contributed by atoms with E-state index in [0.29, 0.717) is 31.6 Å². The number of esters is 1. The Bertz CT molecular complexity index is 761. The van der Waals surface area contributed by atoms with Crippen LogP contribution in [-0.2, 0) is 23.9 Å². The molecule has 9 nitrogen and oxygen atoms in total. The molecule has 0 bridgehead atoms. The van der Waals surface area contributed by atoms with Crippen LogP contribution in [0.2, 0.25) is 0 Å². The monoisotopic (exact) mass is 510 g/mol. The molecule has 0 heterocycles. The molecule has 0 radical (unpaired) electrons. The van der Waals surface area contributed by atoms with E-state index in [4.69, 9.17) is 10.5 Å². The number of ether oxygens (including phenoxy) is 1. The van der Waals surface area contributed by atoms with Crippen molar-refractivity contribution in [2.24, 2.45) is 5.73 Å². The van der Waals surface area contributed by atoms with Crippen molar-refractivity contribution in [3.05, 3.63) is 35.9 Å². The zero-order valence-electron chi connectivity index (χ0n) is 21.6. The van der Waals surface area contributed by atoms with Gasteiger partial charge in [0.15, 0.2) is 0 Å². The first-order chi connectivity index (χ1) is 16.6. The molecule has 0 fully saturated rings. The van der Waals surface area contributed by atoms with E-state index in [2.05, 4.69) is 35.0 Å². The van der Waals surface area contributed by atoms with Crippen LogP contribution in [0.1, 0.15) is 52.0 Å². The van der Waals surface area contributed by atoms with E-state index in [9.17, 15) is 19.2 Å². The molecule has 0 saturated heterocycles. The number of hydrogen-bond acceptors (Lipinski definition) is 7. The second-order valence-corrected chi connectivity index (χ2v) is 9.28. The normalized spacial score (nSPS) is 12.0. The van der Waals surface area contributed by atoms with Crippen LogP contribution in [0.25, 0.3) is 0 Å². The Hall–Kier alpha value is -2.59. The van der Waals surface area contributed by atoms with E-state index in [1.165, 1.54) is 24.2 Å². The standard InChI is InChI=1S/C18H34N4O5S.C7H8/c1-12(2)27-18(26)15(7-5-6-9-19)22-17(25)14(8-10-28-4)21-16(24)11-20-13(3)23;1-7-5-3-2-4-6-7/h12,14-15H,5-11,19H2,1-4H3,(H,20,23)(H,21,24)(H,22,25);2-6H,1H3. The van der Waals surface area contributed by atoms with Crippen LogP contribution < -0.4 is 21.7 Å². The molecule has 2 unspecified atom stereocenters. The lowest BCUT2D eigenvalue weighted by Crippen LogP contribution is -2.53. The molecule has 0 spiro atoms. The van der Waals surface area contributed by atoms with Crippen LogP contribution in [0.15, 0.2) is 30.3 Å². The molecule has 0 aromatic heterocycles. The number of nitrogens with one attached hydrogen (secondary N) is 3. The summed E-state index contributed by atoms with van der Waals surface area (Å²) >= 11 is 1.54. The van der Waals surface area contributed by atoms with Crippen molar-refractivity contribution >= 4 is 35.5 Å². The summed E-state index contributed by atoms with van der Waals surface area (Å²) in [5.74, 6) is -1.12. The fourth-order valence-electron chi connectivity index (χ4n) is 2.82. The lowest BCUT2D eigenvalue weighted by atomic mass is 10.1. The molecule has 198 valence electrons. The van der Waals surface area contributed by atoms with Gasteiger partial charge in [-0.25, -0.2) is 4.79 Å². The largest absolute Gasteiger partial charge is 0.461 e. The lowest BCUT2D eigenvalue weighted by Gasteiger charge is -2.23. The summed E-state index contributed by atoms with van der Waals surface area (Å²) in [5.41, 5.74) is 6.82. The Morgan fingerprint density at radius 3 is 2.14 bits per heavy atom. The third-order valence-corrected chi connectivity index (χ3v) is 5.24. The van der Waals surface area contributed by atoms with Gasteiger partial charge in [-0.2, -0.15) is 11.8 Å². The van der Waals surface area contributed by atoms with Gasteiger partial charge in [0.2, 0.25) is 17.7 Å². The summed E-state index contributed by atoms with van der Waals surface area (Å²) in [6.07, 6.45) is 3.79. The van der Waals surface area contributed by atoms with Gasteiger partial charge in [0.25, 0.3) is 0 Å². The smallest absolute Gasteiger partial charge is 0.328 e. The highest BCUT2D eigenvalue weighted by Crippen LogP contribution is 2.07. The number of unbranched alkanes of at least 4 members (excludes halogenated alkanes) is 1. The lowest BCUT2D eigenvalue weighted by molar-refractivity contribution is -0.152. The van der Waals surface area contributed by atoms with Crippen molar-refractivity contribution < 1.29 is 23.9 Å². The number of carbonyl (C=O) groups excluding carboxylic acids is 4. The molecular weight excluding hydrogens is 468 g/mol. The van der Waals surface area contributed by atoms with Crippen LogP contribution in [-0.4, -0.2) is 67.0 Å². The second-order valence-electron chi connectivity index (χ2n) is 8.30. The average Bonchev–Trinajstić information content (AvgIpc) is 2.80. The molecule has 35 heavy (non-hydrogen) atoms. The first kappa shape index (κ1) is 32.4. The third kappa shape index (κ3) is 17.5. The minimum absolute atomic E-state index is 0.215. The van der Waals surface area contributed by atoms with Crippen LogP contribution in [0.5, 0.6) is 0 Å². The predicted molar refractivity (Wildman–Crippen MR) is 141 cm³/mol. The number of hydrogen-bond donors (Lipinski definition) is 4. The van der Waals surface area contributed by atoms with Crippen molar-refractivity contribution in [3.8, 4) is 0 Å². The first-order valence-electron chi connectivity index (χ1n) is 11.9. The topological polar surface area (TPSA) is 140 Å². The highest BCUT2D eigenvalue weighted by Gasteiger charge is 2.27. The molecule has 1 rings (SSSR count). The van der Waals surface area contributed by atoms with Gasteiger partial charge in [-0.05, 0) is 65.0 Å². The van der Waals surface area contributed by atoms with E-state index in [1.54, 1.807) is 13.8 Å². The van der Waals surface area contributed by atoms with E-state index < -0.39 is 29.9 Å². The van der Waals surface area contributed by atoms with E-state index in [-0.39, 0.29) is 18.6 Å². The average molecular weight is 511 g/mol. The molecule has 1 aromatic rings. The summed E-state index contributed by atoms with van der Waals surface area (Å²) < 4.78 is 5.23. The number of benzene rings is 1. The van der Waals surface area contributed by atoms with Gasteiger partial charge < -0.3 is 26.4 Å². The minimum Gasteiger partial charge on any atom is -0.461 e. The predicted octanol–water partition coefficient (Wildman–Crippen LogP) is 1.92. The summed E-state index contributed by atoms with van der Waals surface area (Å²) in [6, 6.07) is 8.65. The Balaban J connectivity index is 0.00000140. The van der Waals surface area contributed by atoms with Gasteiger partial charge in [0, 0.05) is 6.92 Å². The van der Waals surface area contributed by atoms with E-state index >= 15 is 0 Å². The van der Waals surface area contributed by atoms with Gasteiger partial charge in [-0.3, -0.25) is 14.4 Å². The molecule has 0 aliphatic carbocycles. The summed E-state index contributed by atoms with van der Waals surface area (Å²) in [4.78, 5) is 47.9. The first-order valence-corrected chi connectivity index (χ1v) is 13.2. The summed E-state index contributed by atoms with van der Waals surface area (Å²) in [6.45, 7) is 7.14. The molecule has 10 heteroatoms. The molecular formula is C25H42N4O5S. The Labute approximate surface area is 213 Å². The van der Waals surface area contributed by atoms with Crippen molar-refractivity contribution in [2.75, 3.05) is 25.1 Å². The number of amides is 3. The number of thioether (sulfide) groups is 1. The number of aryl methyl sites for hydroxylation is 1. The number of nitrogens with two attached hydrogens (primary N) is 1. The van der Waals surface area contributed by atoms with Crippen LogP contribution >= 0.6 is 11.8 Å². The van der Waals surface area contributed by atoms with E-state index in [1.807, 2.05) is 24.5 Å². The van der Waals surface area contributed by atoms with Crippen molar-refractivity contribution in [1.29, 1.82) is 0 Å². The Morgan fingerprint density at radius 1 is 1.00 bits per heavy atom. The zero-order chi connectivity index (χ0) is 26.6. The maximum Gasteiger partial charge on any atom is 0.328 e. The fourth-order valence-corrected chi connectivity index (χ4v) is 3.29. The Morgan fingerprint density at radius 2 is 1.66 bits per heavy atom. The fraction of sp³-hybridized carbons (Fsp3) is 0.600. The zero-order valence-corrected chi connectivity index (χ0v) is 22.4. The van der Waals surface area contributed by atoms with Crippen LogP contribution in [0.3, 0.4) is 0 Å². The molecule has 1 aromatic carbocycles. The maximum atomic E-state index is 12.7. The maximum absolute atomic E-state index is 12.7. The second kappa shape index (κ2) is 19.7. The summed E-state index contributed by atoms with van der Waals surface area (Å²) in [5, 5.41) is 7.69. The van der Waals surface area contributed by atoms with Crippen molar-refractivity contribution in [1.82, 2.24) is 16.0 Å². The number of rotatable bonds is 14. The van der Waals surface area contributed by atoms with Crippen molar-refractivity contribution in [3.63, 3.8) is 0 Å². The SMILES string of the molecule is CSCCC(NC(=O)CNC(C)=O)C(=O)NC(CCCCN)C(=O)OC(C)C.Cc1ccccc1. The van der Waals surface area contributed by atoms with Gasteiger partial charge in [-0.15, -0.1) is 0 Å². The minimum atomic E-state index is -0.808. The van der Waals surface area contributed by atoms with Gasteiger partial charge >= 0.3 is 5.97 Å². The quantitative estimate of drug-likeness (QED) is 0.221. The van der Waals surface area contributed by atoms with Gasteiger partial charge in [0.05, 0.1) is 12.6 Å². The van der Waals surface area contributed by atoms with Crippen molar-refractivity contribution in [2.45, 2.75) is 71.6 Å². The number of carbonyl (C=O) groups is 4. The molecule has 2 atom stereocenters. The van der Waals surface area contributed by atoms with E-state index in [0.717, 1.165) is 6.42 Å².